The van der Waals surface area contributed by atoms with Crippen LogP contribution in [0, 0.1) is 17.8 Å². The van der Waals surface area contributed by atoms with E-state index < -0.39 is 225 Å². The van der Waals surface area contributed by atoms with E-state index in [1.165, 1.54) is 14.1 Å². The van der Waals surface area contributed by atoms with Crippen molar-refractivity contribution in [1.29, 1.82) is 0 Å². The van der Waals surface area contributed by atoms with Crippen molar-refractivity contribution in [3.8, 4) is 0 Å². The van der Waals surface area contributed by atoms with Crippen molar-refractivity contribution in [2.45, 2.75) is 210 Å². The number of hydrogen-bond acceptors (Lipinski definition) is 22. The molecular formula is C73H111N17O21. The number of carbonyl (C=O) groups is 16. The molecule has 8 unspecified atom stereocenters. The number of aromatic nitrogens is 1. The van der Waals surface area contributed by atoms with E-state index >= 15 is 4.79 Å². The van der Waals surface area contributed by atoms with Crippen molar-refractivity contribution >= 4 is 106 Å². The molecule has 1 aliphatic heterocycles. The van der Waals surface area contributed by atoms with Gasteiger partial charge in [0.15, 0.2) is 6.10 Å². The molecule has 14 amide bonds. The van der Waals surface area contributed by atoms with Gasteiger partial charge in [-0.05, 0) is 99.4 Å². The van der Waals surface area contributed by atoms with Gasteiger partial charge in [0.2, 0.25) is 82.7 Å². The van der Waals surface area contributed by atoms with Crippen LogP contribution in [0.5, 0.6) is 0 Å². The number of likely N-dealkylation sites (N-methyl/N-ethyl adjacent to an activating group) is 2. The van der Waals surface area contributed by atoms with Crippen LogP contribution in [0.25, 0.3) is 10.9 Å². The molecule has 13 atom stereocenters. The standard InChI is InChI=1S/C73H111N17O21/c1-38(2)17-14-20-43-32-56(94)80-53(37-92)69(106)88-59(61(98)62(77)99)71(108)87-52(36-91)63(100)79-35-57(95)89(7)54(30-41-18-10-9-11-19-41)70(107)86-49(29-39(3)4)66(103)81-46(23-15-27-74)64(101)82-47(25-26-58(96)97)65(102)85-51(33-55(76)93)68(105)84-50(31-42-34-78-45-22-13-12-21-44(42)45)67(104)83-48(24-16-28-75)72(109)90(8)60(40(5)6)73(110)111-43/h9-13,18-19,21-22,34,38-40,43,46-54,59-61,78,91-92,98H,14-17,20,23-33,35-37,74-75H2,1-8H3,(H2,76,93)(H2,77,99)(H,79,100)(H,80,94)(H,81,103)(H,82,101)(H,83,104)(H,84,105)(H,85,102)(H,86,107)(H,87,108)(H,88,106)(H,96,97)/t43?,46?,47?,48-,49+,50?,51-,52?,53?,54?,59-,60?,61-/m1/s1. The number of carboxylic acids is 1. The van der Waals surface area contributed by atoms with Crippen LogP contribution in [0.4, 0.5) is 0 Å². The van der Waals surface area contributed by atoms with Crippen LogP contribution in [-0.2, 0) is 94.3 Å². The van der Waals surface area contributed by atoms with Crippen LogP contribution < -0.4 is 76.1 Å². The molecule has 0 bridgehead atoms. The van der Waals surface area contributed by atoms with Gasteiger partial charge in [-0.1, -0.05) is 96.5 Å². The number of nitrogens with two attached hydrogens (primary N) is 4. The Morgan fingerprint density at radius 1 is 0.559 bits per heavy atom. The number of aliphatic carboxylic acids is 1. The number of aliphatic hydroxyl groups is 3. The fraction of sp³-hybridized carbons (Fsp3) is 0.589. The monoisotopic (exact) mass is 1560 g/mol. The molecule has 1 fully saturated rings. The summed E-state index contributed by atoms with van der Waals surface area (Å²) < 4.78 is 6.01. The Hall–Kier alpha value is -10.7. The number of benzene rings is 2. The summed E-state index contributed by atoms with van der Waals surface area (Å²) in [5.74, 6) is -19.9. The Kier molecular flexibility index (Phi) is 38.5. The number of H-pyrrole nitrogens is 1. The normalized spacial score (nSPS) is 24.2. The number of primary amides is 2. The van der Waals surface area contributed by atoms with E-state index in [1.807, 2.05) is 24.5 Å². The van der Waals surface area contributed by atoms with Crippen molar-refractivity contribution < 1.29 is 102 Å². The Bertz CT molecular complexity index is 3710. The van der Waals surface area contributed by atoms with E-state index in [0.717, 1.165) is 9.80 Å². The fourth-order valence-electron chi connectivity index (χ4n) is 12.3. The summed E-state index contributed by atoms with van der Waals surface area (Å²) in [5, 5.41) is 66.0. The second-order valence-electron chi connectivity index (χ2n) is 28.6. The molecule has 1 aliphatic rings. The number of aromatic amines is 1. The number of esters is 1. The average Bonchev–Trinajstić information content (AvgIpc) is 1.77. The van der Waals surface area contributed by atoms with E-state index in [4.69, 9.17) is 27.7 Å². The van der Waals surface area contributed by atoms with Gasteiger partial charge in [-0.15, -0.1) is 0 Å². The van der Waals surface area contributed by atoms with E-state index in [-0.39, 0.29) is 76.3 Å². The lowest BCUT2D eigenvalue weighted by Gasteiger charge is -2.34. The summed E-state index contributed by atoms with van der Waals surface area (Å²) in [6.07, 6.45) is -5.48. The van der Waals surface area contributed by atoms with Crippen LogP contribution in [0.3, 0.4) is 0 Å². The predicted molar refractivity (Wildman–Crippen MR) is 400 cm³/mol. The highest BCUT2D eigenvalue weighted by molar-refractivity contribution is 6.01. The van der Waals surface area contributed by atoms with Crippen LogP contribution in [0.2, 0.25) is 0 Å². The van der Waals surface area contributed by atoms with Gasteiger partial charge in [0, 0.05) is 50.5 Å². The van der Waals surface area contributed by atoms with Crippen LogP contribution in [-0.4, -0.2) is 255 Å². The number of ether oxygens (including phenoxy) is 1. The number of nitrogens with one attached hydrogen (secondary N) is 11. The van der Waals surface area contributed by atoms with Gasteiger partial charge in [0.25, 0.3) is 0 Å². The van der Waals surface area contributed by atoms with Gasteiger partial charge >= 0.3 is 11.9 Å². The molecule has 38 heteroatoms. The number of rotatable bonds is 26. The highest BCUT2D eigenvalue weighted by Crippen LogP contribution is 2.23. The second kappa shape index (κ2) is 46.1. The molecule has 38 nitrogen and oxygen atoms in total. The van der Waals surface area contributed by atoms with E-state index in [2.05, 4.69) is 47.5 Å². The Morgan fingerprint density at radius 2 is 1.08 bits per heavy atom. The lowest BCUT2D eigenvalue weighted by molar-refractivity contribution is -0.162. The number of para-hydroxylation sites is 1. The van der Waals surface area contributed by atoms with Gasteiger partial charge in [0.05, 0.1) is 32.6 Å². The fourth-order valence-corrected chi connectivity index (χ4v) is 12.3. The Morgan fingerprint density at radius 3 is 1.66 bits per heavy atom. The van der Waals surface area contributed by atoms with Crippen molar-refractivity contribution in [3.63, 3.8) is 0 Å². The maximum Gasteiger partial charge on any atom is 0.329 e. The van der Waals surface area contributed by atoms with Crippen LogP contribution >= 0.6 is 0 Å². The zero-order valence-corrected chi connectivity index (χ0v) is 63.9. The predicted octanol–water partition coefficient (Wildman–Crippen LogP) is -5.02. The van der Waals surface area contributed by atoms with Gasteiger partial charge in [-0.3, -0.25) is 71.9 Å². The smallest absolute Gasteiger partial charge is 0.329 e. The van der Waals surface area contributed by atoms with Gasteiger partial charge in [0.1, 0.15) is 72.6 Å². The van der Waals surface area contributed by atoms with Crippen LogP contribution in [0.1, 0.15) is 130 Å². The summed E-state index contributed by atoms with van der Waals surface area (Å²) in [6.45, 7) is 6.91. The third kappa shape index (κ3) is 29.9. The van der Waals surface area contributed by atoms with Gasteiger partial charge < -0.3 is 116 Å². The van der Waals surface area contributed by atoms with Crippen molar-refractivity contribution in [3.05, 3.63) is 71.9 Å². The maximum absolute atomic E-state index is 15.1. The first-order valence-electron chi connectivity index (χ1n) is 36.9. The average molecular weight is 1560 g/mol. The summed E-state index contributed by atoms with van der Waals surface area (Å²) >= 11 is 0. The molecule has 2 aromatic carbocycles. The quantitative estimate of drug-likeness (QED) is 0.0335. The van der Waals surface area contributed by atoms with E-state index in [0.29, 0.717) is 34.9 Å². The van der Waals surface area contributed by atoms with E-state index in [9.17, 15) is 92.3 Å². The van der Waals surface area contributed by atoms with Crippen LogP contribution in [0.15, 0.2) is 60.8 Å². The van der Waals surface area contributed by atoms with Crippen molar-refractivity contribution in [2.75, 3.05) is 46.9 Å². The number of carbonyl (C=O) groups excluding carboxylic acids is 15. The van der Waals surface area contributed by atoms with Crippen molar-refractivity contribution in [2.24, 2.45) is 40.7 Å². The highest BCUT2D eigenvalue weighted by Gasteiger charge is 2.42. The second-order valence-corrected chi connectivity index (χ2v) is 28.6. The molecule has 1 aromatic heterocycles. The molecule has 4 rings (SSSR count). The lowest BCUT2D eigenvalue weighted by atomic mass is 9.99. The number of cyclic esters (lactones) is 1. The number of fused-ring (bicyclic) bond motifs is 1. The summed E-state index contributed by atoms with van der Waals surface area (Å²) in [7, 11) is 2.44. The van der Waals surface area contributed by atoms with E-state index in [1.54, 1.807) is 88.5 Å². The molecule has 0 radical (unpaired) electrons. The third-order valence-electron chi connectivity index (χ3n) is 18.4. The molecular weight excluding hydrogens is 1450 g/mol. The molecule has 1 saturated heterocycles. The number of nitrogens with zero attached hydrogens (tertiary/aromatic N) is 2. The highest BCUT2D eigenvalue weighted by atomic mass is 16.5. The minimum atomic E-state index is -2.59. The number of amides is 14. The third-order valence-corrected chi connectivity index (χ3v) is 18.4. The maximum atomic E-state index is 15.1. The Labute approximate surface area is 642 Å². The zero-order valence-electron chi connectivity index (χ0n) is 63.9. The largest absolute Gasteiger partial charge is 0.481 e. The van der Waals surface area contributed by atoms with Crippen molar-refractivity contribution in [1.82, 2.24) is 68.0 Å². The number of hydrogen-bond donors (Lipinski definition) is 19. The molecule has 111 heavy (non-hydrogen) atoms. The molecule has 23 N–H and O–H groups in total. The lowest BCUT2D eigenvalue weighted by Crippen LogP contribution is -2.63. The number of carboxylic acid groups (broad SMARTS) is 1. The minimum Gasteiger partial charge on any atom is -0.481 e. The first-order valence-corrected chi connectivity index (χ1v) is 36.9. The molecule has 0 spiro atoms. The number of aliphatic hydroxyl groups excluding tert-OH is 3. The first kappa shape index (κ1) is 92.7. The summed E-state index contributed by atoms with van der Waals surface area (Å²) in [5.41, 5.74) is 24.4. The molecule has 614 valence electrons. The molecule has 2 heterocycles. The zero-order chi connectivity index (χ0) is 82.9. The Balaban J connectivity index is 1.92. The molecule has 0 saturated carbocycles. The molecule has 0 aliphatic carbocycles. The SMILES string of the molecule is CC(C)CCCC1CC(=O)NC(CO)C(=O)N[C@H]([C@@H](O)C(N)=O)C(=O)NC(CO)C(=O)NCC(=O)N(C)C(Cc2ccccc2)C(=O)N[C@@H](CC(C)C)C(=O)NC(CCCN)C(=O)NC(CCC(=O)O)C(=O)N[C@H](CC(N)=O)C(=O)NC(Cc2c[nH]c3ccccc23)C(=O)N[C@H](CCCN)C(=O)N(C)C(C(C)C)C(=O)O1. The summed E-state index contributed by atoms with van der Waals surface area (Å²) in [4.78, 5) is 230. The van der Waals surface area contributed by atoms with Gasteiger partial charge in [-0.2, -0.15) is 0 Å². The van der Waals surface area contributed by atoms with Gasteiger partial charge in [-0.25, -0.2) is 4.79 Å². The molecule has 3 aromatic rings. The summed E-state index contributed by atoms with van der Waals surface area (Å²) in [6, 6.07) is -4.44. The first-order chi connectivity index (χ1) is 52.4. The minimum absolute atomic E-state index is 0.0136. The topological polar surface area (TPSA) is 610 Å².